The number of hydrogen-bond acceptors (Lipinski definition) is 5. The van der Waals surface area contributed by atoms with Gasteiger partial charge < -0.3 is 19.7 Å². The van der Waals surface area contributed by atoms with Crippen molar-refractivity contribution in [3.8, 4) is 0 Å². The molecule has 1 rings (SSSR count). The van der Waals surface area contributed by atoms with E-state index in [4.69, 9.17) is 14.4 Å². The lowest BCUT2D eigenvalue weighted by atomic mass is 9.98. The molecule has 7 heteroatoms. The molecular formula is C12H18N2O5. The van der Waals surface area contributed by atoms with E-state index in [1.54, 1.807) is 20.8 Å². The zero-order valence-electron chi connectivity index (χ0n) is 11.4. The second-order valence-electron chi connectivity index (χ2n) is 4.72. The molecule has 1 atom stereocenters. The van der Waals surface area contributed by atoms with Crippen molar-refractivity contribution >= 4 is 11.9 Å². The maximum atomic E-state index is 12.2. The second kappa shape index (κ2) is 5.83. The van der Waals surface area contributed by atoms with Gasteiger partial charge in [-0.05, 0) is 20.8 Å². The Kier molecular flexibility index (Phi) is 4.66. The van der Waals surface area contributed by atoms with E-state index in [2.05, 4.69) is 10.5 Å². The molecule has 106 valence electrons. The number of nitrogens with zero attached hydrogens (tertiary/aromatic N) is 1. The molecular weight excluding hydrogens is 252 g/mol. The van der Waals surface area contributed by atoms with E-state index in [-0.39, 0.29) is 13.0 Å². The standard InChI is InChI=1S/C12H18N2O5/c1-7-10(8(2)19-14-7)11(17)13-12(3,6-18-4)5-9(15)16/h5-6H2,1-4H3,(H,13,17)(H,15,16). The fourth-order valence-corrected chi connectivity index (χ4v) is 1.93. The molecule has 2 N–H and O–H groups in total. The van der Waals surface area contributed by atoms with E-state index in [0.717, 1.165) is 0 Å². The number of carboxylic acid groups (broad SMARTS) is 1. The Hall–Kier alpha value is -1.89. The van der Waals surface area contributed by atoms with Crippen LogP contribution in [0.4, 0.5) is 0 Å². The summed E-state index contributed by atoms with van der Waals surface area (Å²) in [6.07, 6.45) is -0.240. The van der Waals surface area contributed by atoms with Gasteiger partial charge in [-0.15, -0.1) is 0 Å². The number of hydrogen-bond donors (Lipinski definition) is 2. The Bertz CT molecular complexity index is 463. The van der Waals surface area contributed by atoms with Gasteiger partial charge in [0.1, 0.15) is 11.3 Å². The Morgan fingerprint density at radius 2 is 2.11 bits per heavy atom. The highest BCUT2D eigenvalue weighted by Crippen LogP contribution is 2.16. The fourth-order valence-electron chi connectivity index (χ4n) is 1.93. The van der Waals surface area contributed by atoms with Gasteiger partial charge in [0, 0.05) is 7.11 Å². The lowest BCUT2D eigenvalue weighted by molar-refractivity contribution is -0.139. The Balaban J connectivity index is 2.91. The quantitative estimate of drug-likeness (QED) is 0.796. The normalized spacial score (nSPS) is 13.9. The third-order valence-electron chi connectivity index (χ3n) is 2.68. The summed E-state index contributed by atoms with van der Waals surface area (Å²) < 4.78 is 9.88. The van der Waals surface area contributed by atoms with Crippen LogP contribution in [0.5, 0.6) is 0 Å². The Labute approximate surface area is 110 Å². The van der Waals surface area contributed by atoms with Gasteiger partial charge in [0.25, 0.3) is 5.91 Å². The molecule has 7 nitrogen and oxygen atoms in total. The number of carbonyl (C=O) groups is 2. The van der Waals surface area contributed by atoms with Crippen LogP contribution in [-0.2, 0) is 9.53 Å². The maximum Gasteiger partial charge on any atom is 0.305 e. The molecule has 0 spiro atoms. The van der Waals surface area contributed by atoms with E-state index in [9.17, 15) is 9.59 Å². The minimum Gasteiger partial charge on any atom is -0.481 e. The molecule has 19 heavy (non-hydrogen) atoms. The summed E-state index contributed by atoms with van der Waals surface area (Å²) in [5.74, 6) is -1.04. The zero-order valence-corrected chi connectivity index (χ0v) is 11.4. The first-order valence-electron chi connectivity index (χ1n) is 5.75. The van der Waals surface area contributed by atoms with Gasteiger partial charge in [-0.3, -0.25) is 9.59 Å². The van der Waals surface area contributed by atoms with E-state index < -0.39 is 17.4 Å². The first-order valence-corrected chi connectivity index (χ1v) is 5.75. The van der Waals surface area contributed by atoms with Crippen LogP contribution in [-0.4, -0.2) is 41.4 Å². The molecule has 0 saturated heterocycles. The molecule has 0 bridgehead atoms. The monoisotopic (exact) mass is 270 g/mol. The molecule has 1 aromatic rings. The van der Waals surface area contributed by atoms with Crippen LogP contribution in [0, 0.1) is 13.8 Å². The first kappa shape index (κ1) is 15.2. The first-order chi connectivity index (χ1) is 8.79. The van der Waals surface area contributed by atoms with E-state index in [1.165, 1.54) is 7.11 Å². The van der Waals surface area contributed by atoms with Crippen LogP contribution in [0.3, 0.4) is 0 Å². The Morgan fingerprint density at radius 3 is 2.53 bits per heavy atom. The molecule has 1 amide bonds. The molecule has 1 unspecified atom stereocenters. The van der Waals surface area contributed by atoms with Gasteiger partial charge in [-0.1, -0.05) is 5.16 Å². The van der Waals surface area contributed by atoms with Crippen LogP contribution in [0.15, 0.2) is 4.52 Å². The molecule has 0 saturated carbocycles. The highest BCUT2D eigenvalue weighted by atomic mass is 16.5. The number of amides is 1. The summed E-state index contributed by atoms with van der Waals surface area (Å²) in [4.78, 5) is 23.0. The summed E-state index contributed by atoms with van der Waals surface area (Å²) >= 11 is 0. The smallest absolute Gasteiger partial charge is 0.305 e. The lowest BCUT2D eigenvalue weighted by Crippen LogP contribution is -2.51. The summed E-state index contributed by atoms with van der Waals surface area (Å²) in [6, 6.07) is 0. The number of ether oxygens (including phenoxy) is 1. The maximum absolute atomic E-state index is 12.2. The summed E-state index contributed by atoms with van der Waals surface area (Å²) in [7, 11) is 1.45. The molecule has 0 aliphatic rings. The highest BCUT2D eigenvalue weighted by Gasteiger charge is 2.31. The van der Waals surface area contributed by atoms with Crippen LogP contribution in [0.2, 0.25) is 0 Å². The summed E-state index contributed by atoms with van der Waals surface area (Å²) in [5, 5.41) is 15.2. The van der Waals surface area contributed by atoms with Crippen LogP contribution in [0.25, 0.3) is 0 Å². The fraction of sp³-hybridized carbons (Fsp3) is 0.583. The van der Waals surface area contributed by atoms with Crippen LogP contribution in [0.1, 0.15) is 35.2 Å². The average molecular weight is 270 g/mol. The number of rotatable bonds is 6. The van der Waals surface area contributed by atoms with Gasteiger partial charge in [-0.25, -0.2) is 0 Å². The van der Waals surface area contributed by atoms with Crippen molar-refractivity contribution < 1.29 is 24.0 Å². The molecule has 1 aromatic heterocycles. The van der Waals surface area contributed by atoms with Crippen LogP contribution < -0.4 is 5.32 Å². The number of aliphatic carboxylic acids is 1. The van der Waals surface area contributed by atoms with E-state index in [1.807, 2.05) is 0 Å². The van der Waals surface area contributed by atoms with Crippen molar-refractivity contribution in [3.63, 3.8) is 0 Å². The predicted molar refractivity (Wildman–Crippen MR) is 66.0 cm³/mol. The number of aromatic nitrogens is 1. The average Bonchev–Trinajstić information content (AvgIpc) is 2.56. The van der Waals surface area contributed by atoms with Crippen molar-refractivity contribution in [2.24, 2.45) is 0 Å². The van der Waals surface area contributed by atoms with E-state index in [0.29, 0.717) is 17.0 Å². The minimum atomic E-state index is -1.02. The molecule has 0 fully saturated rings. The molecule has 0 aromatic carbocycles. The van der Waals surface area contributed by atoms with Crippen molar-refractivity contribution in [1.82, 2.24) is 10.5 Å². The third-order valence-corrected chi connectivity index (χ3v) is 2.68. The van der Waals surface area contributed by atoms with Crippen LogP contribution >= 0.6 is 0 Å². The van der Waals surface area contributed by atoms with Crippen molar-refractivity contribution in [1.29, 1.82) is 0 Å². The SMILES string of the molecule is COCC(C)(CC(=O)O)NC(=O)c1c(C)noc1C. The Morgan fingerprint density at radius 1 is 1.47 bits per heavy atom. The number of nitrogens with one attached hydrogen (secondary N) is 1. The van der Waals surface area contributed by atoms with Gasteiger partial charge >= 0.3 is 5.97 Å². The van der Waals surface area contributed by atoms with Gasteiger partial charge in [0.2, 0.25) is 0 Å². The number of aryl methyl sites for hydroxylation is 2. The summed E-state index contributed by atoms with van der Waals surface area (Å²) in [6.45, 7) is 4.98. The van der Waals surface area contributed by atoms with Gasteiger partial charge in [-0.2, -0.15) is 0 Å². The van der Waals surface area contributed by atoms with Crippen molar-refractivity contribution in [2.75, 3.05) is 13.7 Å². The molecule has 0 radical (unpaired) electrons. The minimum absolute atomic E-state index is 0.0917. The van der Waals surface area contributed by atoms with Gasteiger partial charge in [0.15, 0.2) is 0 Å². The topological polar surface area (TPSA) is 102 Å². The van der Waals surface area contributed by atoms with E-state index >= 15 is 0 Å². The number of carbonyl (C=O) groups excluding carboxylic acids is 1. The van der Waals surface area contributed by atoms with Crippen molar-refractivity contribution in [2.45, 2.75) is 32.7 Å². The molecule has 1 heterocycles. The molecule has 0 aliphatic carbocycles. The largest absolute Gasteiger partial charge is 0.481 e. The predicted octanol–water partition coefficient (Wildman–Crippen LogP) is 0.901. The summed E-state index contributed by atoms with van der Waals surface area (Å²) in [5.41, 5.74) is -0.203. The third kappa shape index (κ3) is 3.78. The number of carboxylic acids is 1. The van der Waals surface area contributed by atoms with Crippen molar-refractivity contribution in [3.05, 3.63) is 17.0 Å². The number of methoxy groups -OCH3 is 1. The zero-order chi connectivity index (χ0) is 14.6. The second-order valence-corrected chi connectivity index (χ2v) is 4.72. The lowest BCUT2D eigenvalue weighted by Gasteiger charge is -2.28. The van der Waals surface area contributed by atoms with Gasteiger partial charge in [0.05, 0.1) is 24.3 Å². The molecule has 0 aliphatic heterocycles. The highest BCUT2D eigenvalue weighted by molar-refractivity contribution is 5.96.